The number of carbonyl (C=O) groups is 2. The van der Waals surface area contributed by atoms with Gasteiger partial charge in [-0.25, -0.2) is 4.90 Å². The number of anilines is 3. The lowest BCUT2D eigenvalue weighted by atomic mass is 10.1. The summed E-state index contributed by atoms with van der Waals surface area (Å²) in [5.41, 5.74) is 2.83. The molecule has 164 valence electrons. The summed E-state index contributed by atoms with van der Waals surface area (Å²) in [4.78, 5) is 31.2. The predicted molar refractivity (Wildman–Crippen MR) is 130 cm³/mol. The van der Waals surface area contributed by atoms with Gasteiger partial charge >= 0.3 is 0 Å². The summed E-state index contributed by atoms with van der Waals surface area (Å²) in [5, 5.41) is 5.06. The molecule has 3 aromatic rings. The number of hydrogen-bond donors (Lipinski definition) is 1. The summed E-state index contributed by atoms with van der Waals surface area (Å²) >= 11 is 1.42. The minimum atomic E-state index is -0.389. The standard InChI is InChI=1S/C25H25N3O3S/c1-4-27(5-2)17-12-14-18(15-13-17)28-24(29)22(21-11-8-16-32-21)23(25(28)30)26-19-9-6-7-10-20(19)31-3/h6-16,26H,4-5H2,1-3H3. The highest BCUT2D eigenvalue weighted by Crippen LogP contribution is 2.37. The highest BCUT2D eigenvalue weighted by molar-refractivity contribution is 7.11. The molecule has 0 fully saturated rings. The van der Waals surface area contributed by atoms with Gasteiger partial charge in [0.15, 0.2) is 0 Å². The van der Waals surface area contributed by atoms with E-state index in [-0.39, 0.29) is 17.5 Å². The zero-order valence-electron chi connectivity index (χ0n) is 18.3. The Morgan fingerprint density at radius 1 is 0.938 bits per heavy atom. The van der Waals surface area contributed by atoms with E-state index < -0.39 is 0 Å². The molecule has 0 atom stereocenters. The number of imide groups is 1. The van der Waals surface area contributed by atoms with Crippen molar-refractivity contribution in [1.82, 2.24) is 0 Å². The van der Waals surface area contributed by atoms with Crippen LogP contribution in [0.2, 0.25) is 0 Å². The number of para-hydroxylation sites is 2. The van der Waals surface area contributed by atoms with Crippen molar-refractivity contribution in [2.45, 2.75) is 13.8 Å². The van der Waals surface area contributed by atoms with Gasteiger partial charge in [-0.05, 0) is 61.7 Å². The van der Waals surface area contributed by atoms with E-state index in [2.05, 4.69) is 24.1 Å². The first kappa shape index (κ1) is 21.6. The van der Waals surface area contributed by atoms with Gasteiger partial charge < -0.3 is 15.0 Å². The summed E-state index contributed by atoms with van der Waals surface area (Å²) in [5.74, 6) is -0.141. The molecule has 0 aliphatic carbocycles. The Kier molecular flexibility index (Phi) is 6.28. The average Bonchev–Trinajstić information content (AvgIpc) is 3.42. The molecule has 1 aromatic heterocycles. The Labute approximate surface area is 191 Å². The van der Waals surface area contributed by atoms with Crippen molar-refractivity contribution >= 4 is 45.8 Å². The Balaban J connectivity index is 1.73. The highest BCUT2D eigenvalue weighted by atomic mass is 32.1. The van der Waals surface area contributed by atoms with Crippen molar-refractivity contribution in [2.75, 3.05) is 35.3 Å². The normalized spacial score (nSPS) is 13.7. The van der Waals surface area contributed by atoms with Gasteiger partial charge in [-0.2, -0.15) is 0 Å². The second-order valence-corrected chi connectivity index (χ2v) is 8.13. The zero-order chi connectivity index (χ0) is 22.7. The Morgan fingerprint density at radius 3 is 2.28 bits per heavy atom. The first-order valence-electron chi connectivity index (χ1n) is 10.5. The number of nitrogens with zero attached hydrogens (tertiary/aromatic N) is 2. The molecule has 4 rings (SSSR count). The van der Waals surface area contributed by atoms with Crippen LogP contribution in [0.25, 0.3) is 5.57 Å². The molecule has 7 heteroatoms. The molecule has 32 heavy (non-hydrogen) atoms. The van der Waals surface area contributed by atoms with Crippen molar-refractivity contribution in [1.29, 1.82) is 0 Å². The fraction of sp³-hybridized carbons (Fsp3) is 0.200. The summed E-state index contributed by atoms with van der Waals surface area (Å²) in [7, 11) is 1.57. The Morgan fingerprint density at radius 2 is 1.66 bits per heavy atom. The van der Waals surface area contributed by atoms with E-state index in [1.165, 1.54) is 16.2 Å². The number of thiophene rings is 1. The molecule has 1 aliphatic rings. The Bertz CT molecular complexity index is 1150. The number of methoxy groups -OCH3 is 1. The van der Waals surface area contributed by atoms with Gasteiger partial charge in [0.25, 0.3) is 11.8 Å². The van der Waals surface area contributed by atoms with Crippen LogP contribution in [-0.2, 0) is 9.59 Å². The third-order valence-electron chi connectivity index (χ3n) is 5.45. The summed E-state index contributed by atoms with van der Waals surface area (Å²) in [6.45, 7) is 5.96. The van der Waals surface area contributed by atoms with Gasteiger partial charge in [-0.15, -0.1) is 11.3 Å². The van der Waals surface area contributed by atoms with E-state index in [1.54, 1.807) is 13.2 Å². The fourth-order valence-corrected chi connectivity index (χ4v) is 4.58. The monoisotopic (exact) mass is 447 g/mol. The first-order chi connectivity index (χ1) is 15.6. The van der Waals surface area contributed by atoms with Gasteiger partial charge in [0, 0.05) is 23.7 Å². The molecule has 0 unspecified atom stereocenters. The lowest BCUT2D eigenvalue weighted by Gasteiger charge is -2.22. The minimum absolute atomic E-state index is 0.245. The molecule has 1 aliphatic heterocycles. The number of ether oxygens (including phenoxy) is 1. The van der Waals surface area contributed by atoms with E-state index in [4.69, 9.17) is 4.74 Å². The number of amides is 2. The number of benzene rings is 2. The average molecular weight is 448 g/mol. The minimum Gasteiger partial charge on any atom is -0.495 e. The summed E-state index contributed by atoms with van der Waals surface area (Å²) < 4.78 is 5.41. The van der Waals surface area contributed by atoms with Crippen LogP contribution < -0.4 is 19.9 Å². The summed E-state index contributed by atoms with van der Waals surface area (Å²) in [6.07, 6.45) is 0. The molecule has 0 radical (unpaired) electrons. The van der Waals surface area contributed by atoms with Gasteiger partial charge in [0.2, 0.25) is 0 Å². The predicted octanol–water partition coefficient (Wildman–Crippen LogP) is 5.00. The van der Waals surface area contributed by atoms with Crippen molar-refractivity contribution in [3.8, 4) is 5.75 Å². The van der Waals surface area contributed by atoms with Crippen molar-refractivity contribution in [3.63, 3.8) is 0 Å². The van der Waals surface area contributed by atoms with Crippen LogP contribution in [0.15, 0.2) is 71.7 Å². The SMILES string of the molecule is CCN(CC)c1ccc(N2C(=O)C(Nc3ccccc3OC)=C(c3cccs3)C2=O)cc1. The van der Waals surface area contributed by atoms with Crippen LogP contribution in [-0.4, -0.2) is 32.0 Å². The number of hydrogen-bond acceptors (Lipinski definition) is 6. The van der Waals surface area contributed by atoms with Crippen LogP contribution in [0, 0.1) is 0 Å². The topological polar surface area (TPSA) is 61.9 Å². The molecule has 1 N–H and O–H groups in total. The van der Waals surface area contributed by atoms with Crippen LogP contribution in [0.3, 0.4) is 0 Å². The molecule has 2 aromatic carbocycles. The molecule has 0 saturated heterocycles. The van der Waals surface area contributed by atoms with Gasteiger partial charge in [-0.1, -0.05) is 18.2 Å². The second kappa shape index (κ2) is 9.28. The third-order valence-corrected chi connectivity index (χ3v) is 6.34. The van der Waals surface area contributed by atoms with E-state index in [9.17, 15) is 9.59 Å². The smallest absolute Gasteiger partial charge is 0.282 e. The van der Waals surface area contributed by atoms with Crippen LogP contribution in [0.5, 0.6) is 5.75 Å². The molecule has 0 bridgehead atoms. The van der Waals surface area contributed by atoms with Crippen LogP contribution in [0.1, 0.15) is 18.7 Å². The van der Waals surface area contributed by atoms with Gasteiger partial charge in [-0.3, -0.25) is 9.59 Å². The van der Waals surface area contributed by atoms with Gasteiger partial charge in [0.1, 0.15) is 11.4 Å². The van der Waals surface area contributed by atoms with Crippen molar-refractivity contribution in [3.05, 3.63) is 76.6 Å². The second-order valence-electron chi connectivity index (χ2n) is 7.19. The molecule has 6 nitrogen and oxygen atoms in total. The lowest BCUT2D eigenvalue weighted by molar-refractivity contribution is -0.120. The maximum absolute atomic E-state index is 13.5. The van der Waals surface area contributed by atoms with E-state index in [1.807, 2.05) is 60.0 Å². The van der Waals surface area contributed by atoms with E-state index in [0.29, 0.717) is 22.7 Å². The van der Waals surface area contributed by atoms with Gasteiger partial charge in [0.05, 0.1) is 24.1 Å². The highest BCUT2D eigenvalue weighted by Gasteiger charge is 2.41. The molecule has 0 spiro atoms. The maximum atomic E-state index is 13.5. The Hall–Kier alpha value is -3.58. The third kappa shape index (κ3) is 3.87. The largest absolute Gasteiger partial charge is 0.495 e. The quantitative estimate of drug-likeness (QED) is 0.493. The number of carbonyl (C=O) groups excluding carboxylic acids is 2. The van der Waals surface area contributed by atoms with Crippen molar-refractivity contribution in [2.24, 2.45) is 0 Å². The fourth-order valence-electron chi connectivity index (χ4n) is 3.81. The maximum Gasteiger partial charge on any atom is 0.282 e. The lowest BCUT2D eigenvalue weighted by Crippen LogP contribution is -2.32. The molecule has 2 amide bonds. The van der Waals surface area contributed by atoms with Crippen LogP contribution >= 0.6 is 11.3 Å². The zero-order valence-corrected chi connectivity index (χ0v) is 19.1. The van der Waals surface area contributed by atoms with Crippen molar-refractivity contribution < 1.29 is 14.3 Å². The van der Waals surface area contributed by atoms with E-state index in [0.717, 1.165) is 23.7 Å². The summed E-state index contributed by atoms with van der Waals surface area (Å²) in [6, 6.07) is 18.6. The molecule has 0 saturated carbocycles. The first-order valence-corrected chi connectivity index (χ1v) is 11.4. The molecule has 2 heterocycles. The number of nitrogens with one attached hydrogen (secondary N) is 1. The van der Waals surface area contributed by atoms with E-state index >= 15 is 0 Å². The molecular weight excluding hydrogens is 422 g/mol. The number of rotatable bonds is 8. The van der Waals surface area contributed by atoms with Crippen LogP contribution in [0.4, 0.5) is 17.1 Å². The molecular formula is C25H25N3O3S.